The van der Waals surface area contributed by atoms with Crippen LogP contribution < -0.4 is 10.6 Å². The van der Waals surface area contributed by atoms with E-state index >= 15 is 0 Å². The zero-order chi connectivity index (χ0) is 20.2. The summed E-state index contributed by atoms with van der Waals surface area (Å²) < 4.78 is 32.0. The highest BCUT2D eigenvalue weighted by Crippen LogP contribution is 2.20. The van der Waals surface area contributed by atoms with Gasteiger partial charge in [-0.15, -0.1) is 0 Å². The van der Waals surface area contributed by atoms with Gasteiger partial charge in [0.05, 0.1) is 42.5 Å². The number of carbonyl (C=O) groups is 4. The first-order valence-corrected chi connectivity index (χ1v) is 9.62. The molecule has 1 saturated heterocycles. The van der Waals surface area contributed by atoms with Crippen molar-refractivity contribution in [3.8, 4) is 0 Å². The van der Waals surface area contributed by atoms with Crippen molar-refractivity contribution in [2.45, 2.75) is 12.5 Å². The highest BCUT2D eigenvalue weighted by molar-refractivity contribution is 7.91. The van der Waals surface area contributed by atoms with Gasteiger partial charge in [0, 0.05) is 6.04 Å². The zero-order valence-electron chi connectivity index (χ0n) is 14.6. The molecule has 0 spiro atoms. The fourth-order valence-electron chi connectivity index (χ4n) is 2.52. The van der Waals surface area contributed by atoms with Gasteiger partial charge in [-0.05, 0) is 24.6 Å². The number of ether oxygens (including phenoxy) is 2. The molecule has 0 saturated carbocycles. The Morgan fingerprint density at radius 3 is 2.26 bits per heavy atom. The third-order valence-corrected chi connectivity index (χ3v) is 5.64. The van der Waals surface area contributed by atoms with E-state index in [-0.39, 0.29) is 34.7 Å². The molecule has 1 heterocycles. The fraction of sp³-hybridized carbons (Fsp3) is 0.375. The highest BCUT2D eigenvalue weighted by atomic mass is 32.2. The Morgan fingerprint density at radius 2 is 1.70 bits per heavy atom. The van der Waals surface area contributed by atoms with E-state index in [0.717, 1.165) is 14.2 Å². The van der Waals surface area contributed by atoms with Crippen LogP contribution in [0.3, 0.4) is 0 Å². The number of amides is 2. The number of nitrogens with one attached hydrogen (secondary N) is 2. The van der Waals surface area contributed by atoms with Crippen LogP contribution in [0.15, 0.2) is 18.2 Å². The number of rotatable bonds is 4. The summed E-state index contributed by atoms with van der Waals surface area (Å²) in [4.78, 5) is 47.6. The average Bonchev–Trinajstić information content (AvgIpc) is 2.98. The van der Waals surface area contributed by atoms with Gasteiger partial charge in [0.1, 0.15) is 0 Å². The van der Waals surface area contributed by atoms with Crippen LogP contribution in [-0.2, 0) is 28.9 Å². The Hall–Kier alpha value is -2.95. The minimum absolute atomic E-state index is 0.0442. The molecular weight excluding hydrogens is 380 g/mol. The third kappa shape index (κ3) is 5.03. The van der Waals surface area contributed by atoms with Gasteiger partial charge < -0.3 is 20.1 Å². The van der Waals surface area contributed by atoms with Gasteiger partial charge in [-0.25, -0.2) is 18.0 Å². The molecule has 0 radical (unpaired) electrons. The normalized spacial score (nSPS) is 17.6. The van der Waals surface area contributed by atoms with E-state index in [1.807, 2.05) is 0 Å². The molecule has 0 aliphatic carbocycles. The number of hydrogen-bond acceptors (Lipinski definition) is 8. The quantitative estimate of drug-likeness (QED) is 0.510. The standard InChI is InChI=1S/C16H18N2O8S/c1-25-15(21)9-3-4-11(16(22)26-2)12(7-9)18-14(20)13(19)17-10-5-6-27(23,24)8-10/h3-4,7,10H,5-6,8H2,1-2H3,(H,17,19)(H,18,20). The number of sulfone groups is 1. The van der Waals surface area contributed by atoms with E-state index in [1.54, 1.807) is 0 Å². The number of carbonyl (C=O) groups excluding carboxylic acids is 4. The minimum atomic E-state index is -3.22. The van der Waals surface area contributed by atoms with Crippen molar-refractivity contribution in [3.05, 3.63) is 29.3 Å². The van der Waals surface area contributed by atoms with Gasteiger partial charge in [-0.2, -0.15) is 0 Å². The largest absolute Gasteiger partial charge is 0.465 e. The summed E-state index contributed by atoms with van der Waals surface area (Å²) in [5.74, 6) is -3.97. The lowest BCUT2D eigenvalue weighted by molar-refractivity contribution is -0.136. The van der Waals surface area contributed by atoms with Crippen molar-refractivity contribution in [1.29, 1.82) is 0 Å². The molecule has 1 unspecified atom stereocenters. The van der Waals surface area contributed by atoms with Gasteiger partial charge in [0.15, 0.2) is 9.84 Å². The summed E-state index contributed by atoms with van der Waals surface area (Å²) in [5, 5.41) is 4.56. The number of hydrogen-bond donors (Lipinski definition) is 2. The lowest BCUT2D eigenvalue weighted by atomic mass is 10.1. The van der Waals surface area contributed by atoms with E-state index in [9.17, 15) is 27.6 Å². The van der Waals surface area contributed by atoms with Gasteiger partial charge in [0.25, 0.3) is 0 Å². The van der Waals surface area contributed by atoms with Gasteiger partial charge in [-0.1, -0.05) is 0 Å². The molecular formula is C16H18N2O8S. The summed E-state index contributed by atoms with van der Waals surface area (Å²) in [6.45, 7) is 0. The summed E-state index contributed by atoms with van der Waals surface area (Å²) in [6, 6.07) is 3.06. The molecule has 2 amide bonds. The van der Waals surface area contributed by atoms with Crippen LogP contribution in [0.25, 0.3) is 0 Å². The van der Waals surface area contributed by atoms with Crippen molar-refractivity contribution in [2.75, 3.05) is 31.0 Å². The second-order valence-electron chi connectivity index (χ2n) is 5.77. The van der Waals surface area contributed by atoms with Crippen LogP contribution in [0, 0.1) is 0 Å². The smallest absolute Gasteiger partial charge is 0.339 e. The maximum Gasteiger partial charge on any atom is 0.339 e. The first-order valence-electron chi connectivity index (χ1n) is 7.80. The SMILES string of the molecule is COC(=O)c1ccc(C(=O)OC)c(NC(=O)C(=O)NC2CCS(=O)(=O)C2)c1. The number of esters is 2. The fourth-order valence-corrected chi connectivity index (χ4v) is 4.19. The average molecular weight is 398 g/mol. The molecule has 11 heteroatoms. The summed E-state index contributed by atoms with van der Waals surface area (Å²) in [5.41, 5.74) is -0.151. The lowest BCUT2D eigenvalue weighted by Gasteiger charge is -2.13. The number of anilines is 1. The molecule has 27 heavy (non-hydrogen) atoms. The molecule has 0 aromatic heterocycles. The van der Waals surface area contributed by atoms with E-state index in [0.29, 0.717) is 0 Å². The van der Waals surface area contributed by atoms with Crippen LogP contribution in [0.5, 0.6) is 0 Å². The Balaban J connectivity index is 2.18. The molecule has 2 N–H and O–H groups in total. The summed E-state index contributed by atoms with van der Waals surface area (Å²) in [7, 11) is -0.925. The Kier molecular flexibility index (Phi) is 6.16. The van der Waals surface area contributed by atoms with Crippen molar-refractivity contribution >= 4 is 39.3 Å². The van der Waals surface area contributed by atoms with Crippen LogP contribution in [0.1, 0.15) is 27.1 Å². The van der Waals surface area contributed by atoms with Crippen molar-refractivity contribution in [3.63, 3.8) is 0 Å². The predicted molar refractivity (Wildman–Crippen MR) is 93.0 cm³/mol. The molecule has 2 rings (SSSR count). The molecule has 1 fully saturated rings. The molecule has 1 aromatic rings. The topological polar surface area (TPSA) is 145 Å². The highest BCUT2D eigenvalue weighted by Gasteiger charge is 2.30. The van der Waals surface area contributed by atoms with Gasteiger partial charge in [-0.3, -0.25) is 9.59 Å². The van der Waals surface area contributed by atoms with Crippen molar-refractivity contribution < 1.29 is 37.1 Å². The third-order valence-electron chi connectivity index (χ3n) is 3.87. The zero-order valence-corrected chi connectivity index (χ0v) is 15.4. The monoisotopic (exact) mass is 398 g/mol. The predicted octanol–water partition coefficient (Wildman–Crippen LogP) is -0.498. The number of methoxy groups -OCH3 is 2. The molecule has 1 atom stereocenters. The summed E-state index contributed by atoms with van der Waals surface area (Å²) in [6.07, 6.45) is 0.215. The molecule has 0 bridgehead atoms. The molecule has 146 valence electrons. The van der Waals surface area contributed by atoms with E-state index in [4.69, 9.17) is 0 Å². The Labute approximate surface area is 155 Å². The van der Waals surface area contributed by atoms with Crippen molar-refractivity contribution in [2.24, 2.45) is 0 Å². The molecule has 1 aliphatic rings. The van der Waals surface area contributed by atoms with E-state index in [2.05, 4.69) is 20.1 Å². The lowest BCUT2D eigenvalue weighted by Crippen LogP contribution is -2.42. The van der Waals surface area contributed by atoms with E-state index in [1.165, 1.54) is 18.2 Å². The maximum atomic E-state index is 12.1. The van der Waals surface area contributed by atoms with Crippen LogP contribution in [0.2, 0.25) is 0 Å². The Bertz CT molecular complexity index is 894. The Morgan fingerprint density at radius 1 is 1.04 bits per heavy atom. The molecule has 1 aliphatic heterocycles. The van der Waals surface area contributed by atoms with Crippen molar-refractivity contribution in [1.82, 2.24) is 5.32 Å². The first kappa shape index (κ1) is 20.4. The molecule has 10 nitrogen and oxygen atoms in total. The van der Waals surface area contributed by atoms with Crippen LogP contribution in [0.4, 0.5) is 5.69 Å². The van der Waals surface area contributed by atoms with Crippen LogP contribution in [-0.4, -0.2) is 63.9 Å². The van der Waals surface area contributed by atoms with Crippen LogP contribution >= 0.6 is 0 Å². The van der Waals surface area contributed by atoms with Gasteiger partial charge in [0.2, 0.25) is 0 Å². The molecule has 1 aromatic carbocycles. The second-order valence-corrected chi connectivity index (χ2v) is 8.00. The first-order chi connectivity index (χ1) is 12.7. The second kappa shape index (κ2) is 8.16. The van der Waals surface area contributed by atoms with E-state index < -0.39 is 39.6 Å². The summed E-state index contributed by atoms with van der Waals surface area (Å²) >= 11 is 0. The minimum Gasteiger partial charge on any atom is -0.465 e. The maximum absolute atomic E-state index is 12.1. The number of benzene rings is 1. The van der Waals surface area contributed by atoms with Gasteiger partial charge >= 0.3 is 23.8 Å².